The zero-order chi connectivity index (χ0) is 9.80. The van der Waals surface area contributed by atoms with Gasteiger partial charge in [-0.3, -0.25) is 0 Å². The number of nitrogens with zero attached hydrogens (tertiary/aromatic N) is 2. The standard InChI is InChI=1S/C9H7IN2OS/c10-7-4-11-9(12-5-7)14-6-8-2-1-3-13-8/h1-5H,6H2. The van der Waals surface area contributed by atoms with Gasteiger partial charge in [0.15, 0.2) is 5.16 Å². The van der Waals surface area contributed by atoms with Gasteiger partial charge in [0, 0.05) is 16.0 Å². The quantitative estimate of drug-likeness (QED) is 0.495. The molecule has 2 rings (SSSR count). The zero-order valence-electron chi connectivity index (χ0n) is 7.18. The Bertz CT molecular complexity index is 388. The van der Waals surface area contributed by atoms with Crippen LogP contribution in [0, 0.1) is 3.57 Å². The largest absolute Gasteiger partial charge is 0.468 e. The second-order valence-electron chi connectivity index (χ2n) is 2.55. The van der Waals surface area contributed by atoms with E-state index in [4.69, 9.17) is 4.42 Å². The van der Waals surface area contributed by atoms with E-state index in [1.165, 1.54) is 0 Å². The van der Waals surface area contributed by atoms with Crippen molar-refractivity contribution >= 4 is 34.4 Å². The second-order valence-corrected chi connectivity index (χ2v) is 4.74. The molecule has 0 radical (unpaired) electrons. The molecule has 0 unspecified atom stereocenters. The Morgan fingerprint density at radius 2 is 2.14 bits per heavy atom. The SMILES string of the molecule is Ic1cnc(SCc2ccco2)nc1. The molecule has 14 heavy (non-hydrogen) atoms. The number of rotatable bonds is 3. The van der Waals surface area contributed by atoms with Gasteiger partial charge in [-0.2, -0.15) is 0 Å². The highest BCUT2D eigenvalue weighted by Gasteiger charge is 2.00. The van der Waals surface area contributed by atoms with Crippen LogP contribution in [0.2, 0.25) is 0 Å². The maximum atomic E-state index is 5.20. The van der Waals surface area contributed by atoms with Gasteiger partial charge in [-0.25, -0.2) is 9.97 Å². The van der Waals surface area contributed by atoms with Gasteiger partial charge in [0.2, 0.25) is 0 Å². The first-order valence-corrected chi connectivity index (χ1v) is 6.04. The van der Waals surface area contributed by atoms with Gasteiger partial charge in [0.1, 0.15) is 5.76 Å². The van der Waals surface area contributed by atoms with E-state index >= 15 is 0 Å². The third-order valence-electron chi connectivity index (χ3n) is 1.52. The number of halogens is 1. The average Bonchev–Trinajstić information content (AvgIpc) is 2.70. The molecule has 3 nitrogen and oxygen atoms in total. The van der Waals surface area contributed by atoms with Crippen LogP contribution in [0.1, 0.15) is 5.76 Å². The molecule has 0 saturated carbocycles. The molecule has 0 spiro atoms. The summed E-state index contributed by atoms with van der Waals surface area (Å²) in [5.41, 5.74) is 0. The first kappa shape index (κ1) is 9.97. The molecule has 0 aliphatic rings. The summed E-state index contributed by atoms with van der Waals surface area (Å²) in [5.74, 6) is 1.71. The number of thioether (sulfide) groups is 1. The van der Waals surface area contributed by atoms with Crippen molar-refractivity contribution in [2.75, 3.05) is 0 Å². The first-order valence-electron chi connectivity index (χ1n) is 3.97. The molecule has 0 aromatic carbocycles. The Morgan fingerprint density at radius 3 is 2.79 bits per heavy atom. The molecule has 0 aliphatic carbocycles. The van der Waals surface area contributed by atoms with Crippen LogP contribution in [0.3, 0.4) is 0 Å². The van der Waals surface area contributed by atoms with Crippen LogP contribution in [0.4, 0.5) is 0 Å². The predicted molar refractivity (Wildman–Crippen MR) is 63.0 cm³/mol. The highest BCUT2D eigenvalue weighted by Crippen LogP contribution is 2.18. The van der Waals surface area contributed by atoms with Gasteiger partial charge < -0.3 is 4.42 Å². The van der Waals surface area contributed by atoms with Gasteiger partial charge in [-0.15, -0.1) is 0 Å². The zero-order valence-corrected chi connectivity index (χ0v) is 10.2. The van der Waals surface area contributed by atoms with E-state index in [2.05, 4.69) is 32.6 Å². The van der Waals surface area contributed by atoms with Crippen molar-refractivity contribution in [2.24, 2.45) is 0 Å². The highest BCUT2D eigenvalue weighted by atomic mass is 127. The molecule has 2 aromatic heterocycles. The van der Waals surface area contributed by atoms with E-state index in [-0.39, 0.29) is 0 Å². The lowest BCUT2D eigenvalue weighted by Crippen LogP contribution is -1.86. The monoisotopic (exact) mass is 318 g/mol. The Kier molecular flexibility index (Phi) is 3.41. The summed E-state index contributed by atoms with van der Waals surface area (Å²) in [6, 6.07) is 3.82. The van der Waals surface area contributed by atoms with Crippen LogP contribution in [0.5, 0.6) is 0 Å². The molecule has 72 valence electrons. The summed E-state index contributed by atoms with van der Waals surface area (Å²) in [7, 11) is 0. The minimum atomic E-state index is 0.771. The van der Waals surface area contributed by atoms with E-state index in [0.717, 1.165) is 20.2 Å². The molecule has 2 aromatic rings. The molecule has 0 atom stereocenters. The topological polar surface area (TPSA) is 38.9 Å². The summed E-state index contributed by atoms with van der Waals surface area (Å²) in [6.45, 7) is 0. The highest BCUT2D eigenvalue weighted by molar-refractivity contribution is 14.1. The Balaban J connectivity index is 1.95. The number of furan rings is 1. The molecule has 5 heteroatoms. The Hall–Kier alpha value is -0.560. The van der Waals surface area contributed by atoms with E-state index in [1.54, 1.807) is 30.4 Å². The smallest absolute Gasteiger partial charge is 0.187 e. The first-order chi connectivity index (χ1) is 6.84. The van der Waals surface area contributed by atoms with Crippen molar-refractivity contribution in [3.63, 3.8) is 0 Å². The maximum Gasteiger partial charge on any atom is 0.187 e. The number of hydrogen-bond acceptors (Lipinski definition) is 4. The summed E-state index contributed by atoms with van der Waals surface area (Å²) < 4.78 is 6.25. The van der Waals surface area contributed by atoms with Gasteiger partial charge in [0.25, 0.3) is 0 Å². The van der Waals surface area contributed by atoms with Gasteiger partial charge in [-0.1, -0.05) is 11.8 Å². The fourth-order valence-corrected chi connectivity index (χ4v) is 1.87. The fraction of sp³-hybridized carbons (Fsp3) is 0.111. The van der Waals surface area contributed by atoms with E-state index in [1.807, 2.05) is 12.1 Å². The van der Waals surface area contributed by atoms with Crippen LogP contribution in [0.15, 0.2) is 40.4 Å². The summed E-state index contributed by atoms with van der Waals surface area (Å²) in [4.78, 5) is 8.36. The van der Waals surface area contributed by atoms with Crippen molar-refractivity contribution in [2.45, 2.75) is 10.9 Å². The predicted octanol–water partition coefficient (Wildman–Crippen LogP) is 2.97. The molecule has 0 saturated heterocycles. The van der Waals surface area contributed by atoms with E-state index < -0.39 is 0 Å². The van der Waals surface area contributed by atoms with Crippen molar-refractivity contribution in [1.82, 2.24) is 9.97 Å². The average molecular weight is 318 g/mol. The van der Waals surface area contributed by atoms with E-state index in [0.29, 0.717) is 0 Å². The van der Waals surface area contributed by atoms with Gasteiger partial charge in [-0.05, 0) is 34.7 Å². The lowest BCUT2D eigenvalue weighted by Gasteiger charge is -1.96. The summed E-state index contributed by atoms with van der Waals surface area (Å²) >= 11 is 3.75. The molecule has 2 heterocycles. The fourth-order valence-electron chi connectivity index (χ4n) is 0.905. The van der Waals surface area contributed by atoms with Crippen molar-refractivity contribution in [3.05, 3.63) is 40.1 Å². The van der Waals surface area contributed by atoms with Crippen LogP contribution in [-0.4, -0.2) is 9.97 Å². The molecular weight excluding hydrogens is 311 g/mol. The van der Waals surface area contributed by atoms with Gasteiger partial charge in [0.05, 0.1) is 12.0 Å². The molecule has 0 amide bonds. The Morgan fingerprint density at radius 1 is 1.36 bits per heavy atom. The third-order valence-corrected chi connectivity index (χ3v) is 2.98. The summed E-state index contributed by atoms with van der Waals surface area (Å²) in [5, 5.41) is 0.779. The van der Waals surface area contributed by atoms with Crippen molar-refractivity contribution < 1.29 is 4.42 Å². The number of aromatic nitrogens is 2. The molecule has 0 N–H and O–H groups in total. The molecule has 0 aliphatic heterocycles. The lowest BCUT2D eigenvalue weighted by atomic mass is 10.5. The lowest BCUT2D eigenvalue weighted by molar-refractivity contribution is 0.530. The summed E-state index contributed by atoms with van der Waals surface area (Å²) in [6.07, 6.45) is 5.28. The molecule has 0 bridgehead atoms. The maximum absolute atomic E-state index is 5.20. The van der Waals surface area contributed by atoms with Crippen molar-refractivity contribution in [1.29, 1.82) is 0 Å². The van der Waals surface area contributed by atoms with Crippen LogP contribution in [0.25, 0.3) is 0 Å². The van der Waals surface area contributed by atoms with Crippen LogP contribution >= 0.6 is 34.4 Å². The van der Waals surface area contributed by atoms with Gasteiger partial charge >= 0.3 is 0 Å². The van der Waals surface area contributed by atoms with Crippen molar-refractivity contribution in [3.8, 4) is 0 Å². The number of hydrogen-bond donors (Lipinski definition) is 0. The molecular formula is C9H7IN2OS. The Labute approximate surface area is 99.5 Å². The minimum absolute atomic E-state index is 0.771. The molecule has 0 fully saturated rings. The van der Waals surface area contributed by atoms with Crippen LogP contribution in [-0.2, 0) is 5.75 Å². The van der Waals surface area contributed by atoms with E-state index in [9.17, 15) is 0 Å². The van der Waals surface area contributed by atoms with Crippen LogP contribution < -0.4 is 0 Å². The minimum Gasteiger partial charge on any atom is -0.468 e. The third kappa shape index (κ3) is 2.71. The second kappa shape index (κ2) is 4.79. The normalized spacial score (nSPS) is 10.4.